The minimum absolute atomic E-state index is 0.144. The second-order valence-corrected chi connectivity index (χ2v) is 5.84. The Labute approximate surface area is 158 Å². The van der Waals surface area contributed by atoms with Crippen LogP contribution in [0, 0.1) is 6.92 Å². The molecule has 0 aliphatic heterocycles. The molecule has 1 aromatic carbocycles. The molecule has 0 bridgehead atoms. The summed E-state index contributed by atoms with van der Waals surface area (Å²) in [4.78, 5) is 12.1. The number of carbonyl (C=O) groups excluding carboxylic acids is 1. The number of hydrogen-bond donors (Lipinski definition) is 3. The van der Waals surface area contributed by atoms with E-state index in [4.69, 9.17) is 21.6 Å². The molecule has 5 N–H and O–H groups in total. The van der Waals surface area contributed by atoms with E-state index in [0.717, 1.165) is 21.1 Å². The van der Waals surface area contributed by atoms with Crippen LogP contribution in [-0.4, -0.2) is 40.6 Å². The molecule has 0 spiro atoms. The largest absolute Gasteiger partial charge is 0.475 e. The number of carbonyl (C=O) groups is 1. The topological polar surface area (TPSA) is 142 Å². The van der Waals surface area contributed by atoms with E-state index in [-0.39, 0.29) is 6.61 Å². The van der Waals surface area contributed by atoms with Gasteiger partial charge in [-0.3, -0.25) is 5.01 Å². The summed E-state index contributed by atoms with van der Waals surface area (Å²) in [5.41, 5.74) is 2.93. The van der Waals surface area contributed by atoms with Crippen LogP contribution in [0.3, 0.4) is 0 Å². The van der Waals surface area contributed by atoms with Crippen LogP contribution < -0.4 is 16.7 Å². The van der Waals surface area contributed by atoms with Gasteiger partial charge in [-0.2, -0.15) is 5.10 Å². The van der Waals surface area contributed by atoms with Crippen LogP contribution in [0.2, 0.25) is 0 Å². The van der Waals surface area contributed by atoms with Crippen LogP contribution in [0.5, 0.6) is 0 Å². The van der Waals surface area contributed by atoms with Crippen molar-refractivity contribution in [3.05, 3.63) is 29.3 Å². The van der Waals surface area contributed by atoms with Crippen molar-refractivity contribution in [2.24, 2.45) is 27.0 Å². The predicted octanol–water partition coefficient (Wildman–Crippen LogP) is 2.15. The third-order valence-electron chi connectivity index (χ3n) is 3.82. The molecule has 0 saturated heterocycles. The van der Waals surface area contributed by atoms with Crippen LogP contribution in [0.4, 0.5) is 10.5 Å². The average Bonchev–Trinajstić information content (AvgIpc) is 2.66. The van der Waals surface area contributed by atoms with Crippen LogP contribution >= 0.6 is 0 Å². The number of rotatable bonds is 6. The van der Waals surface area contributed by atoms with Gasteiger partial charge in [0.25, 0.3) is 0 Å². The van der Waals surface area contributed by atoms with E-state index in [1.54, 1.807) is 26.0 Å². The number of hydrazine groups is 2. The number of amides is 2. The number of anilines is 1. The smallest absolute Gasteiger partial charge is 0.352 e. The molecule has 0 aliphatic carbocycles. The molecule has 10 heteroatoms. The summed E-state index contributed by atoms with van der Waals surface area (Å²) in [5.74, 6) is 11.8. The van der Waals surface area contributed by atoms with Crippen molar-refractivity contribution in [2.45, 2.75) is 40.7 Å². The van der Waals surface area contributed by atoms with Crippen LogP contribution in [0.15, 0.2) is 33.6 Å². The Bertz CT molecular complexity index is 757. The molecule has 0 heterocycles. The number of nitrogens with zero attached hydrogens (tertiary/aromatic N) is 5. The highest BCUT2D eigenvalue weighted by Crippen LogP contribution is 2.23. The van der Waals surface area contributed by atoms with Gasteiger partial charge in [0.05, 0.1) is 17.1 Å². The maximum Gasteiger partial charge on any atom is 0.352 e. The molecule has 148 valence electrons. The number of oxime groups is 1. The van der Waals surface area contributed by atoms with E-state index in [2.05, 4.69) is 15.4 Å². The highest BCUT2D eigenvalue weighted by Gasteiger charge is 2.19. The third-order valence-corrected chi connectivity index (χ3v) is 3.82. The van der Waals surface area contributed by atoms with Gasteiger partial charge in [0, 0.05) is 19.0 Å². The molecular formula is C17H27N7O3. The first-order chi connectivity index (χ1) is 12.7. The Morgan fingerprint density at radius 3 is 2.44 bits per heavy atom. The second kappa shape index (κ2) is 10.2. The first kappa shape index (κ1) is 22.1. The molecule has 1 rings (SSSR count). The van der Waals surface area contributed by atoms with Crippen molar-refractivity contribution >= 4 is 29.0 Å². The maximum absolute atomic E-state index is 12.1. The molecule has 0 aliphatic rings. The normalized spacial score (nSPS) is 12.8. The standard InChI is InChI=1S/C17H27N7O3/c1-6-16(21-20-12(3)13(4)22-26)27-10-14-11(2)8-7-9-15(14)24(19)17(25)23(5)18/h7-9,26H,6,10,18-19H2,1-5H3/b20-12+,21-16-,22-13+. The molecule has 0 atom stereocenters. The Balaban J connectivity index is 3.06. The second-order valence-electron chi connectivity index (χ2n) is 5.84. The van der Waals surface area contributed by atoms with Gasteiger partial charge in [-0.1, -0.05) is 24.2 Å². The van der Waals surface area contributed by atoms with E-state index >= 15 is 0 Å². The first-order valence-electron chi connectivity index (χ1n) is 8.31. The van der Waals surface area contributed by atoms with Crippen LogP contribution in [0.1, 0.15) is 38.3 Å². The Kier molecular flexibility index (Phi) is 8.36. The van der Waals surface area contributed by atoms with Gasteiger partial charge in [-0.05, 0) is 32.4 Å². The Morgan fingerprint density at radius 1 is 1.22 bits per heavy atom. The molecule has 0 unspecified atom stereocenters. The molecule has 0 saturated carbocycles. The molecular weight excluding hydrogens is 350 g/mol. The number of nitrogens with two attached hydrogens (primary N) is 2. The summed E-state index contributed by atoms with van der Waals surface area (Å²) in [6.07, 6.45) is 0.504. The lowest BCUT2D eigenvalue weighted by Gasteiger charge is -2.24. The number of benzene rings is 1. The molecule has 27 heavy (non-hydrogen) atoms. The summed E-state index contributed by atoms with van der Waals surface area (Å²) in [6, 6.07) is 4.82. The monoisotopic (exact) mass is 377 g/mol. The number of aryl methyl sites for hydroxylation is 1. The summed E-state index contributed by atoms with van der Waals surface area (Å²) >= 11 is 0. The third kappa shape index (κ3) is 6.04. The molecule has 2 amide bonds. The Morgan fingerprint density at radius 2 is 1.89 bits per heavy atom. The van der Waals surface area contributed by atoms with Gasteiger partial charge in [-0.25, -0.2) is 21.5 Å². The summed E-state index contributed by atoms with van der Waals surface area (Å²) in [7, 11) is 1.41. The van der Waals surface area contributed by atoms with E-state index in [1.807, 2.05) is 19.9 Å². The zero-order chi connectivity index (χ0) is 20.6. The van der Waals surface area contributed by atoms with E-state index in [0.29, 0.717) is 29.4 Å². The van der Waals surface area contributed by atoms with Crippen molar-refractivity contribution in [1.29, 1.82) is 0 Å². The van der Waals surface area contributed by atoms with Crippen molar-refractivity contribution in [3.63, 3.8) is 0 Å². The van der Waals surface area contributed by atoms with Gasteiger partial charge in [0.2, 0.25) is 5.90 Å². The quantitative estimate of drug-likeness (QED) is 0.174. The van der Waals surface area contributed by atoms with Crippen molar-refractivity contribution < 1.29 is 14.7 Å². The highest BCUT2D eigenvalue weighted by molar-refractivity contribution is 6.40. The minimum Gasteiger partial charge on any atom is -0.475 e. The molecule has 0 aromatic heterocycles. The molecule has 1 aromatic rings. The van der Waals surface area contributed by atoms with Gasteiger partial charge < -0.3 is 9.94 Å². The zero-order valence-corrected chi connectivity index (χ0v) is 16.3. The SMILES string of the molecule is CC/C(=N/N=C(C)/C(C)=N/O)OCc1c(C)cccc1N(N)C(=O)N(C)N. The highest BCUT2D eigenvalue weighted by atomic mass is 16.5. The molecule has 0 fully saturated rings. The van der Waals surface area contributed by atoms with Crippen molar-refractivity contribution in [2.75, 3.05) is 12.1 Å². The fourth-order valence-corrected chi connectivity index (χ4v) is 2.01. The maximum atomic E-state index is 12.1. The fourth-order valence-electron chi connectivity index (χ4n) is 2.01. The molecule has 10 nitrogen and oxygen atoms in total. The number of ether oxygens (including phenoxy) is 1. The lowest BCUT2D eigenvalue weighted by Crippen LogP contribution is -2.49. The summed E-state index contributed by atoms with van der Waals surface area (Å²) in [6.45, 7) is 7.19. The lowest BCUT2D eigenvalue weighted by molar-refractivity contribution is 0.216. The zero-order valence-electron chi connectivity index (χ0n) is 16.3. The predicted molar refractivity (Wildman–Crippen MR) is 106 cm³/mol. The van der Waals surface area contributed by atoms with Gasteiger partial charge in [-0.15, -0.1) is 5.10 Å². The minimum atomic E-state index is -0.565. The van der Waals surface area contributed by atoms with Gasteiger partial charge in [0.1, 0.15) is 6.61 Å². The van der Waals surface area contributed by atoms with E-state index < -0.39 is 6.03 Å². The summed E-state index contributed by atoms with van der Waals surface area (Å²) in [5, 5.41) is 21.7. The number of hydrogen-bond acceptors (Lipinski definition) is 8. The summed E-state index contributed by atoms with van der Waals surface area (Å²) < 4.78 is 5.76. The number of urea groups is 1. The van der Waals surface area contributed by atoms with E-state index in [9.17, 15) is 4.79 Å². The van der Waals surface area contributed by atoms with Gasteiger partial charge >= 0.3 is 6.03 Å². The average molecular weight is 377 g/mol. The van der Waals surface area contributed by atoms with Crippen molar-refractivity contribution in [3.8, 4) is 0 Å². The first-order valence-corrected chi connectivity index (χ1v) is 8.31. The van der Waals surface area contributed by atoms with E-state index in [1.165, 1.54) is 7.05 Å². The van der Waals surface area contributed by atoms with Crippen molar-refractivity contribution in [1.82, 2.24) is 5.01 Å². The Hall–Kier alpha value is -2.98. The van der Waals surface area contributed by atoms with Crippen LogP contribution in [-0.2, 0) is 11.3 Å². The van der Waals surface area contributed by atoms with Crippen LogP contribution in [0.25, 0.3) is 0 Å². The van der Waals surface area contributed by atoms with Gasteiger partial charge in [0.15, 0.2) is 0 Å². The molecule has 0 radical (unpaired) electrons. The fraction of sp³-hybridized carbons (Fsp3) is 0.412. The lowest BCUT2D eigenvalue weighted by atomic mass is 10.1.